The molecule has 0 bridgehead atoms. The van der Waals surface area contributed by atoms with Crippen LogP contribution in [0.1, 0.15) is 0 Å². The van der Waals surface area contributed by atoms with Gasteiger partial charge in [-0.3, -0.25) is 0 Å². The quantitative estimate of drug-likeness (QED) is 0.273. The molecular formula is C24H18NO8+. The molecule has 0 amide bonds. The molecule has 0 saturated heterocycles. The second-order valence-electron chi connectivity index (χ2n) is 7.40. The normalized spacial score (nSPS) is 13.5. The Bertz CT molecular complexity index is 1480. The third-order valence-electron chi connectivity index (χ3n) is 5.40. The van der Waals surface area contributed by atoms with Crippen LogP contribution in [0.3, 0.4) is 0 Å². The fourth-order valence-corrected chi connectivity index (χ4v) is 4.05. The SMILES string of the molecule is C[n+]1cc2c3c(ccc2c2ccc4cc5c(cc4c21)OCO5)OCO3.O=C(O)/C=C/C(=O)O. The van der Waals surface area contributed by atoms with Crippen molar-refractivity contribution in [1.29, 1.82) is 0 Å². The Morgan fingerprint density at radius 1 is 0.788 bits per heavy atom. The molecule has 0 aliphatic carbocycles. The number of nitrogens with zero attached hydrogens (tertiary/aromatic N) is 1. The standard InChI is InChI=1S/C20H14NO4.C4H4O4/c1-21-8-15-12(4-5-16-20(15)25-10-22-16)13-3-2-11-6-17-18(24-9-23-17)7-14(11)19(13)21;5-3(6)1-2-4(7)8/h2-8H,9-10H2,1H3;1-2H,(H,5,6)(H,7,8)/q+1;/b;2-1+. The zero-order valence-corrected chi connectivity index (χ0v) is 17.4. The van der Waals surface area contributed by atoms with E-state index in [0.717, 1.165) is 50.1 Å². The van der Waals surface area contributed by atoms with Crippen LogP contribution in [-0.4, -0.2) is 35.7 Å². The molecule has 0 saturated carbocycles. The van der Waals surface area contributed by atoms with E-state index in [1.54, 1.807) is 0 Å². The molecule has 6 rings (SSSR count). The van der Waals surface area contributed by atoms with Crippen LogP contribution in [-0.2, 0) is 16.6 Å². The van der Waals surface area contributed by atoms with Crippen LogP contribution < -0.4 is 23.5 Å². The van der Waals surface area contributed by atoms with Crippen molar-refractivity contribution >= 4 is 44.4 Å². The second kappa shape index (κ2) is 7.86. The van der Waals surface area contributed by atoms with Crippen LogP contribution in [0.25, 0.3) is 32.4 Å². The molecule has 9 heteroatoms. The molecule has 1 aromatic heterocycles. The number of carboxylic acid groups (broad SMARTS) is 2. The van der Waals surface area contributed by atoms with Crippen molar-refractivity contribution in [2.24, 2.45) is 7.05 Å². The first kappa shape index (κ1) is 20.4. The van der Waals surface area contributed by atoms with Crippen LogP contribution >= 0.6 is 0 Å². The molecular weight excluding hydrogens is 430 g/mol. The lowest BCUT2D eigenvalue weighted by Crippen LogP contribution is -2.28. The number of carbonyl (C=O) groups is 2. The summed E-state index contributed by atoms with van der Waals surface area (Å²) in [6.07, 6.45) is 3.22. The molecule has 0 spiro atoms. The van der Waals surface area contributed by atoms with Gasteiger partial charge in [0.15, 0.2) is 29.2 Å². The zero-order valence-electron chi connectivity index (χ0n) is 17.4. The van der Waals surface area contributed by atoms with Gasteiger partial charge < -0.3 is 29.2 Å². The molecule has 2 aliphatic rings. The van der Waals surface area contributed by atoms with Crippen molar-refractivity contribution in [1.82, 2.24) is 0 Å². The van der Waals surface area contributed by atoms with Gasteiger partial charge in [0.25, 0.3) is 0 Å². The number of hydrogen-bond donors (Lipinski definition) is 2. The maximum absolute atomic E-state index is 9.55. The van der Waals surface area contributed by atoms with Crippen LogP contribution in [0.4, 0.5) is 0 Å². The number of benzene rings is 3. The van der Waals surface area contributed by atoms with E-state index in [2.05, 4.69) is 42.1 Å². The Labute approximate surface area is 186 Å². The Morgan fingerprint density at radius 2 is 1.42 bits per heavy atom. The van der Waals surface area contributed by atoms with E-state index in [0.29, 0.717) is 12.2 Å². The maximum atomic E-state index is 9.55. The highest BCUT2D eigenvalue weighted by Gasteiger charge is 2.24. The number of pyridine rings is 1. The van der Waals surface area contributed by atoms with Gasteiger partial charge in [-0.25, -0.2) is 9.59 Å². The highest BCUT2D eigenvalue weighted by atomic mass is 16.7. The molecule has 166 valence electrons. The lowest BCUT2D eigenvalue weighted by Gasteiger charge is -2.08. The molecule has 2 N–H and O–H groups in total. The summed E-state index contributed by atoms with van der Waals surface area (Å²) < 4.78 is 24.4. The highest BCUT2D eigenvalue weighted by molar-refractivity contribution is 6.15. The fourth-order valence-electron chi connectivity index (χ4n) is 4.05. The van der Waals surface area contributed by atoms with E-state index in [-0.39, 0.29) is 13.6 Å². The van der Waals surface area contributed by atoms with Crippen LogP contribution in [0.15, 0.2) is 54.7 Å². The van der Waals surface area contributed by atoms with Gasteiger partial charge >= 0.3 is 11.9 Å². The van der Waals surface area contributed by atoms with Gasteiger partial charge in [-0.1, -0.05) is 6.07 Å². The van der Waals surface area contributed by atoms with Crippen molar-refractivity contribution in [3.8, 4) is 23.0 Å². The van der Waals surface area contributed by atoms with Crippen molar-refractivity contribution in [3.05, 3.63) is 54.7 Å². The Balaban J connectivity index is 0.000000249. The smallest absolute Gasteiger partial charge is 0.328 e. The fraction of sp³-hybridized carbons (Fsp3) is 0.125. The summed E-state index contributed by atoms with van der Waals surface area (Å²) in [5, 5.41) is 21.3. The summed E-state index contributed by atoms with van der Waals surface area (Å²) in [7, 11) is 2.06. The monoisotopic (exact) mass is 448 g/mol. The van der Waals surface area contributed by atoms with Crippen molar-refractivity contribution < 1.29 is 43.3 Å². The molecule has 0 radical (unpaired) electrons. The molecule has 0 atom stereocenters. The topological polar surface area (TPSA) is 115 Å². The van der Waals surface area contributed by atoms with Gasteiger partial charge in [0.1, 0.15) is 7.05 Å². The van der Waals surface area contributed by atoms with Gasteiger partial charge in [0, 0.05) is 17.5 Å². The Kier molecular flexibility index (Phi) is 4.86. The number of ether oxygens (including phenoxy) is 4. The van der Waals surface area contributed by atoms with Gasteiger partial charge in [0.2, 0.25) is 19.1 Å². The van der Waals surface area contributed by atoms with E-state index in [4.69, 9.17) is 29.2 Å². The van der Waals surface area contributed by atoms with E-state index in [1.807, 2.05) is 12.1 Å². The number of carboxylic acids is 2. The molecule has 33 heavy (non-hydrogen) atoms. The third-order valence-corrected chi connectivity index (χ3v) is 5.40. The van der Waals surface area contributed by atoms with Crippen LogP contribution in [0.5, 0.6) is 23.0 Å². The highest BCUT2D eigenvalue weighted by Crippen LogP contribution is 2.42. The number of fused-ring (bicyclic) bond motifs is 8. The van der Waals surface area contributed by atoms with Crippen molar-refractivity contribution in [2.75, 3.05) is 13.6 Å². The minimum Gasteiger partial charge on any atom is -0.478 e. The predicted octanol–water partition coefficient (Wildman–Crippen LogP) is 3.14. The summed E-state index contributed by atoms with van der Waals surface area (Å²) >= 11 is 0. The van der Waals surface area contributed by atoms with Gasteiger partial charge in [-0.2, -0.15) is 4.57 Å². The number of hydrogen-bond acceptors (Lipinski definition) is 6. The van der Waals surface area contributed by atoms with E-state index < -0.39 is 11.9 Å². The molecule has 9 nitrogen and oxygen atoms in total. The Hall–Kier alpha value is -4.53. The second-order valence-corrected chi connectivity index (χ2v) is 7.40. The van der Waals surface area contributed by atoms with Gasteiger partial charge in [0.05, 0.1) is 16.2 Å². The summed E-state index contributed by atoms with van der Waals surface area (Å²) in [6, 6.07) is 12.5. The Morgan fingerprint density at radius 3 is 2.15 bits per heavy atom. The van der Waals surface area contributed by atoms with Crippen molar-refractivity contribution in [2.45, 2.75) is 0 Å². The molecule has 0 fully saturated rings. The first-order valence-electron chi connectivity index (χ1n) is 9.93. The van der Waals surface area contributed by atoms with Crippen LogP contribution in [0.2, 0.25) is 0 Å². The van der Waals surface area contributed by atoms with Crippen LogP contribution in [0, 0.1) is 0 Å². The summed E-state index contributed by atoms with van der Waals surface area (Å²) in [5.41, 5.74) is 1.15. The third kappa shape index (κ3) is 3.59. The lowest BCUT2D eigenvalue weighted by atomic mass is 10.00. The molecule has 3 aromatic carbocycles. The summed E-state index contributed by atoms with van der Waals surface area (Å²) in [5.74, 6) is 0.709. The average Bonchev–Trinajstić information content (AvgIpc) is 3.45. The van der Waals surface area contributed by atoms with Gasteiger partial charge in [-0.15, -0.1) is 0 Å². The lowest BCUT2D eigenvalue weighted by molar-refractivity contribution is -0.642. The van der Waals surface area contributed by atoms with Gasteiger partial charge in [-0.05, 0) is 35.7 Å². The zero-order chi connectivity index (χ0) is 23.1. The molecule has 4 aromatic rings. The van der Waals surface area contributed by atoms with E-state index >= 15 is 0 Å². The predicted molar refractivity (Wildman–Crippen MR) is 117 cm³/mol. The molecule has 3 heterocycles. The number of aromatic nitrogens is 1. The number of rotatable bonds is 2. The minimum atomic E-state index is -1.26. The van der Waals surface area contributed by atoms with E-state index in [1.165, 1.54) is 5.39 Å². The number of aryl methyl sites for hydroxylation is 1. The van der Waals surface area contributed by atoms with Crippen molar-refractivity contribution in [3.63, 3.8) is 0 Å². The molecule has 0 unspecified atom stereocenters. The first-order valence-corrected chi connectivity index (χ1v) is 9.93. The summed E-state index contributed by atoms with van der Waals surface area (Å²) in [4.78, 5) is 19.1. The summed E-state index contributed by atoms with van der Waals surface area (Å²) in [6.45, 7) is 0.555. The maximum Gasteiger partial charge on any atom is 0.328 e. The average molecular weight is 448 g/mol. The van der Waals surface area contributed by atoms with E-state index in [9.17, 15) is 9.59 Å². The molecule has 2 aliphatic heterocycles. The largest absolute Gasteiger partial charge is 0.478 e. The first-order chi connectivity index (χ1) is 15.9. The minimum absolute atomic E-state index is 0.275. The number of aliphatic carboxylic acids is 2.